The Kier molecular flexibility index (Phi) is 4.81. The van der Waals surface area contributed by atoms with Crippen LogP contribution in [0.3, 0.4) is 0 Å². The Morgan fingerprint density at radius 2 is 2.04 bits per heavy atom. The molecule has 0 saturated carbocycles. The Balaban J connectivity index is 1.89. The van der Waals surface area contributed by atoms with Crippen molar-refractivity contribution in [2.45, 2.75) is 13.8 Å². The van der Waals surface area contributed by atoms with Crippen molar-refractivity contribution in [3.05, 3.63) is 69.3 Å². The number of ether oxygens (including phenoxy) is 2. The van der Waals surface area contributed by atoms with E-state index < -0.39 is 11.9 Å². The minimum absolute atomic E-state index is 0.212. The van der Waals surface area contributed by atoms with Crippen LogP contribution in [0, 0.1) is 6.92 Å². The lowest BCUT2D eigenvalue weighted by atomic mass is 10.1. The molecule has 126 valence electrons. The van der Waals surface area contributed by atoms with E-state index in [1.54, 1.807) is 24.3 Å². The standard InChI is InChI=1S/C19H14BrNO4/c1-11-4-3-5-14(8-11)18-21-16(19(23)25-18)10-13-6-7-17(15(20)9-13)24-12(2)22/h3-10H,1-2H3. The van der Waals surface area contributed by atoms with Crippen LogP contribution in [0.5, 0.6) is 5.75 Å². The van der Waals surface area contributed by atoms with Gasteiger partial charge in [-0.1, -0.05) is 23.8 Å². The molecule has 0 spiro atoms. The van der Waals surface area contributed by atoms with Gasteiger partial charge in [-0.05, 0) is 58.8 Å². The number of cyclic esters (lactones) is 1. The lowest BCUT2D eigenvalue weighted by molar-refractivity contribution is -0.132. The monoisotopic (exact) mass is 399 g/mol. The van der Waals surface area contributed by atoms with E-state index in [0.717, 1.165) is 16.7 Å². The smallest absolute Gasteiger partial charge is 0.363 e. The molecule has 2 aromatic rings. The summed E-state index contributed by atoms with van der Waals surface area (Å²) in [7, 11) is 0. The van der Waals surface area contributed by atoms with Gasteiger partial charge in [-0.25, -0.2) is 9.79 Å². The number of aryl methyl sites for hydroxylation is 1. The summed E-state index contributed by atoms with van der Waals surface area (Å²) in [6.45, 7) is 3.29. The van der Waals surface area contributed by atoms with E-state index in [-0.39, 0.29) is 11.6 Å². The number of benzene rings is 2. The second-order valence-electron chi connectivity index (χ2n) is 5.49. The highest BCUT2D eigenvalue weighted by molar-refractivity contribution is 9.10. The molecule has 0 saturated heterocycles. The summed E-state index contributed by atoms with van der Waals surface area (Å²) in [6, 6.07) is 12.7. The summed E-state index contributed by atoms with van der Waals surface area (Å²) in [5.74, 6) is -0.210. The predicted molar refractivity (Wildman–Crippen MR) is 97.2 cm³/mol. The first kappa shape index (κ1) is 17.1. The van der Waals surface area contributed by atoms with Crippen molar-refractivity contribution in [3.63, 3.8) is 0 Å². The first-order chi connectivity index (χ1) is 11.9. The fourth-order valence-electron chi connectivity index (χ4n) is 2.31. The quantitative estimate of drug-likeness (QED) is 0.444. The number of aliphatic imine (C=N–C) groups is 1. The van der Waals surface area contributed by atoms with Crippen molar-refractivity contribution >= 4 is 39.8 Å². The van der Waals surface area contributed by atoms with Crippen LogP contribution in [-0.2, 0) is 14.3 Å². The zero-order valence-electron chi connectivity index (χ0n) is 13.6. The van der Waals surface area contributed by atoms with Crippen molar-refractivity contribution in [2.75, 3.05) is 0 Å². The third kappa shape index (κ3) is 4.03. The third-order valence-electron chi connectivity index (χ3n) is 3.40. The van der Waals surface area contributed by atoms with Crippen LogP contribution in [0.2, 0.25) is 0 Å². The normalized spacial score (nSPS) is 15.1. The first-order valence-corrected chi connectivity index (χ1v) is 8.29. The van der Waals surface area contributed by atoms with Crippen LogP contribution in [0.4, 0.5) is 0 Å². The van der Waals surface area contributed by atoms with Gasteiger partial charge in [-0.15, -0.1) is 0 Å². The summed E-state index contributed by atoms with van der Waals surface area (Å²) in [6.07, 6.45) is 1.62. The number of carbonyl (C=O) groups excluding carboxylic acids is 2. The lowest BCUT2D eigenvalue weighted by Gasteiger charge is -2.04. The predicted octanol–water partition coefficient (Wildman–Crippen LogP) is 4.03. The maximum absolute atomic E-state index is 12.1. The molecule has 0 atom stereocenters. The minimum atomic E-state index is -0.503. The molecular formula is C19H14BrNO4. The molecular weight excluding hydrogens is 386 g/mol. The summed E-state index contributed by atoms with van der Waals surface area (Å²) in [5.41, 5.74) is 2.74. The number of rotatable bonds is 3. The number of carbonyl (C=O) groups is 2. The molecule has 1 aliphatic heterocycles. The number of hydrogen-bond acceptors (Lipinski definition) is 5. The van der Waals surface area contributed by atoms with Crippen molar-refractivity contribution in [1.29, 1.82) is 0 Å². The van der Waals surface area contributed by atoms with Gasteiger partial charge < -0.3 is 9.47 Å². The van der Waals surface area contributed by atoms with Crippen LogP contribution < -0.4 is 4.74 Å². The van der Waals surface area contributed by atoms with Gasteiger partial charge in [0.15, 0.2) is 5.70 Å². The maximum Gasteiger partial charge on any atom is 0.363 e. The molecule has 5 nitrogen and oxygen atoms in total. The molecule has 6 heteroatoms. The molecule has 2 aromatic carbocycles. The van der Waals surface area contributed by atoms with Gasteiger partial charge >= 0.3 is 11.9 Å². The van der Waals surface area contributed by atoms with Crippen molar-refractivity contribution in [3.8, 4) is 5.75 Å². The van der Waals surface area contributed by atoms with Crippen LogP contribution >= 0.6 is 15.9 Å². The highest BCUT2D eigenvalue weighted by Gasteiger charge is 2.24. The summed E-state index contributed by atoms with van der Waals surface area (Å²) >= 11 is 3.34. The molecule has 0 aliphatic carbocycles. The Bertz CT molecular complexity index is 931. The van der Waals surface area contributed by atoms with Gasteiger partial charge in [0.2, 0.25) is 5.90 Å². The van der Waals surface area contributed by atoms with Gasteiger partial charge in [0, 0.05) is 12.5 Å². The number of hydrogen-bond donors (Lipinski definition) is 0. The highest BCUT2D eigenvalue weighted by atomic mass is 79.9. The number of halogens is 1. The van der Waals surface area contributed by atoms with E-state index in [9.17, 15) is 9.59 Å². The molecule has 1 aliphatic rings. The summed E-state index contributed by atoms with van der Waals surface area (Å²) in [5, 5.41) is 0. The summed E-state index contributed by atoms with van der Waals surface area (Å²) in [4.78, 5) is 27.4. The second kappa shape index (κ2) is 7.03. The highest BCUT2D eigenvalue weighted by Crippen LogP contribution is 2.28. The maximum atomic E-state index is 12.1. The van der Waals surface area contributed by atoms with E-state index in [4.69, 9.17) is 9.47 Å². The Labute approximate surface area is 153 Å². The molecule has 0 amide bonds. The molecule has 3 rings (SSSR count). The van der Waals surface area contributed by atoms with E-state index in [1.807, 2.05) is 31.2 Å². The SMILES string of the molecule is CC(=O)Oc1ccc(C=C2N=C(c3cccc(C)c3)OC2=O)cc1Br. The molecule has 25 heavy (non-hydrogen) atoms. The van der Waals surface area contributed by atoms with E-state index >= 15 is 0 Å². The van der Waals surface area contributed by atoms with Gasteiger partial charge in [-0.3, -0.25) is 4.79 Å². The lowest BCUT2D eigenvalue weighted by Crippen LogP contribution is -2.05. The molecule has 1 heterocycles. The molecule has 0 aromatic heterocycles. The molecule has 0 unspecified atom stereocenters. The van der Waals surface area contributed by atoms with Crippen molar-refractivity contribution < 1.29 is 19.1 Å². The first-order valence-electron chi connectivity index (χ1n) is 7.50. The van der Waals surface area contributed by atoms with Gasteiger partial charge in [0.25, 0.3) is 0 Å². The third-order valence-corrected chi connectivity index (χ3v) is 4.02. The molecule has 0 N–H and O–H groups in total. The Hall–Kier alpha value is -2.73. The summed E-state index contributed by atoms with van der Waals surface area (Å²) < 4.78 is 10.9. The number of esters is 2. The van der Waals surface area contributed by atoms with E-state index in [2.05, 4.69) is 20.9 Å². The minimum Gasteiger partial charge on any atom is -0.426 e. The van der Waals surface area contributed by atoms with Crippen LogP contribution in [0.15, 0.2) is 57.6 Å². The van der Waals surface area contributed by atoms with Gasteiger partial charge in [-0.2, -0.15) is 0 Å². The zero-order chi connectivity index (χ0) is 18.0. The number of nitrogens with zero attached hydrogens (tertiary/aromatic N) is 1. The average molecular weight is 400 g/mol. The Morgan fingerprint density at radius 3 is 2.72 bits per heavy atom. The van der Waals surface area contributed by atoms with Crippen molar-refractivity contribution in [1.82, 2.24) is 0 Å². The largest absolute Gasteiger partial charge is 0.426 e. The fraction of sp³-hybridized carbons (Fsp3) is 0.105. The zero-order valence-corrected chi connectivity index (χ0v) is 15.2. The second-order valence-corrected chi connectivity index (χ2v) is 6.34. The average Bonchev–Trinajstić information content (AvgIpc) is 2.91. The topological polar surface area (TPSA) is 65.0 Å². The van der Waals surface area contributed by atoms with Gasteiger partial charge in [0.05, 0.1) is 4.47 Å². The van der Waals surface area contributed by atoms with E-state index in [1.165, 1.54) is 6.92 Å². The molecule has 0 radical (unpaired) electrons. The fourth-order valence-corrected chi connectivity index (χ4v) is 2.79. The van der Waals surface area contributed by atoms with Crippen molar-refractivity contribution in [2.24, 2.45) is 4.99 Å². The Morgan fingerprint density at radius 1 is 1.24 bits per heavy atom. The van der Waals surface area contributed by atoms with Crippen LogP contribution in [-0.4, -0.2) is 17.8 Å². The van der Waals surface area contributed by atoms with E-state index in [0.29, 0.717) is 10.2 Å². The van der Waals surface area contributed by atoms with Crippen LogP contribution in [0.25, 0.3) is 6.08 Å². The molecule has 0 fully saturated rings. The molecule has 0 bridgehead atoms. The van der Waals surface area contributed by atoms with Crippen LogP contribution in [0.1, 0.15) is 23.6 Å². The van der Waals surface area contributed by atoms with Gasteiger partial charge in [0.1, 0.15) is 5.75 Å².